The summed E-state index contributed by atoms with van der Waals surface area (Å²) in [6.07, 6.45) is 2.95. The van der Waals surface area contributed by atoms with Crippen molar-refractivity contribution in [3.8, 4) is 0 Å². The summed E-state index contributed by atoms with van der Waals surface area (Å²) < 4.78 is 0. The summed E-state index contributed by atoms with van der Waals surface area (Å²) in [4.78, 5) is 31.5. The summed E-state index contributed by atoms with van der Waals surface area (Å²) in [5.74, 6) is -1.89. The molecule has 0 spiro atoms. The number of hydrogen-bond donors (Lipinski definition) is 3. The van der Waals surface area contributed by atoms with Crippen LogP contribution in [-0.4, -0.2) is 35.0 Å². The second-order valence-electron chi connectivity index (χ2n) is 5.55. The molecule has 1 fully saturated rings. The molecule has 0 aromatic heterocycles. The van der Waals surface area contributed by atoms with Crippen LogP contribution in [0.1, 0.15) is 44.1 Å². The van der Waals surface area contributed by atoms with Gasteiger partial charge in [-0.3, -0.25) is 14.4 Å². The fourth-order valence-electron chi connectivity index (χ4n) is 2.73. The second-order valence-corrected chi connectivity index (χ2v) is 5.96. The number of aliphatic carboxylic acids is 2. The van der Waals surface area contributed by atoms with E-state index in [9.17, 15) is 14.4 Å². The first-order valence-corrected chi connectivity index (χ1v) is 8.12. The Bertz CT molecular complexity index is 590. The standard InChI is InChI=1S/C13H16ClNO.C4H6O4/c1-15-13(9-5-4-8-12(13)16)10-6-2-3-7-11(10)14;5-3(6)1-2-4(7)8/h2-3,6-7,15H,4-5,8-9H2,1H3;1-2H2,(H,5,6)(H,7,8). The van der Waals surface area contributed by atoms with Gasteiger partial charge in [0.25, 0.3) is 0 Å². The maximum Gasteiger partial charge on any atom is 0.303 e. The van der Waals surface area contributed by atoms with Crippen LogP contribution >= 0.6 is 11.6 Å². The van der Waals surface area contributed by atoms with E-state index in [-0.39, 0.29) is 18.6 Å². The number of Topliss-reactive ketones (excluding diaryl/α,β-unsaturated/α-hetero) is 1. The predicted molar refractivity (Wildman–Crippen MR) is 90.2 cm³/mol. The van der Waals surface area contributed by atoms with Crippen molar-refractivity contribution in [3.05, 3.63) is 34.9 Å². The van der Waals surface area contributed by atoms with Gasteiger partial charge in [-0.15, -0.1) is 0 Å². The maximum atomic E-state index is 12.2. The Morgan fingerprint density at radius 3 is 2.21 bits per heavy atom. The summed E-state index contributed by atoms with van der Waals surface area (Å²) in [7, 11) is 1.84. The van der Waals surface area contributed by atoms with Crippen molar-refractivity contribution >= 4 is 29.3 Å². The molecule has 1 aromatic rings. The van der Waals surface area contributed by atoms with Crippen molar-refractivity contribution < 1.29 is 24.6 Å². The molecule has 2 rings (SSSR count). The van der Waals surface area contributed by atoms with Crippen molar-refractivity contribution in [2.24, 2.45) is 0 Å². The van der Waals surface area contributed by atoms with E-state index in [1.807, 2.05) is 31.3 Å². The number of likely N-dealkylation sites (N-methyl/N-ethyl adjacent to an activating group) is 1. The van der Waals surface area contributed by atoms with Crippen LogP contribution in [0.2, 0.25) is 5.02 Å². The summed E-state index contributed by atoms with van der Waals surface area (Å²) in [5, 5.41) is 19.7. The van der Waals surface area contributed by atoms with Crippen LogP contribution in [0.25, 0.3) is 0 Å². The highest BCUT2D eigenvalue weighted by molar-refractivity contribution is 6.31. The Labute approximate surface area is 145 Å². The Balaban J connectivity index is 0.000000307. The number of halogens is 1. The number of carboxylic acid groups (broad SMARTS) is 2. The summed E-state index contributed by atoms with van der Waals surface area (Å²) in [6, 6.07) is 7.62. The highest BCUT2D eigenvalue weighted by Crippen LogP contribution is 2.37. The first-order chi connectivity index (χ1) is 11.3. The molecule has 7 heteroatoms. The summed E-state index contributed by atoms with van der Waals surface area (Å²) in [5.41, 5.74) is 0.361. The molecule has 0 saturated heterocycles. The molecule has 1 atom stereocenters. The van der Waals surface area contributed by atoms with Gasteiger partial charge in [-0.25, -0.2) is 0 Å². The third-order valence-electron chi connectivity index (χ3n) is 3.99. The van der Waals surface area contributed by atoms with Gasteiger partial charge in [0.2, 0.25) is 0 Å². The zero-order chi connectivity index (χ0) is 18.2. The molecular weight excluding hydrogens is 334 g/mol. The quantitative estimate of drug-likeness (QED) is 0.750. The van der Waals surface area contributed by atoms with E-state index < -0.39 is 17.5 Å². The smallest absolute Gasteiger partial charge is 0.303 e. The van der Waals surface area contributed by atoms with Crippen molar-refractivity contribution in [1.29, 1.82) is 0 Å². The fourth-order valence-corrected chi connectivity index (χ4v) is 3.03. The minimum Gasteiger partial charge on any atom is -0.481 e. The van der Waals surface area contributed by atoms with Gasteiger partial charge in [-0.1, -0.05) is 36.2 Å². The first-order valence-electron chi connectivity index (χ1n) is 7.74. The van der Waals surface area contributed by atoms with Crippen LogP contribution in [0.3, 0.4) is 0 Å². The van der Waals surface area contributed by atoms with Crippen LogP contribution < -0.4 is 5.32 Å². The lowest BCUT2D eigenvalue weighted by Crippen LogP contribution is -2.49. The molecule has 1 aliphatic rings. The Kier molecular flexibility index (Phi) is 7.88. The summed E-state index contributed by atoms with van der Waals surface area (Å²) >= 11 is 6.20. The molecule has 0 aliphatic heterocycles. The molecular formula is C17H22ClNO5. The molecule has 1 unspecified atom stereocenters. The largest absolute Gasteiger partial charge is 0.481 e. The minimum atomic E-state index is -1.08. The average molecular weight is 356 g/mol. The van der Waals surface area contributed by atoms with Gasteiger partial charge in [0.15, 0.2) is 5.78 Å². The molecule has 6 nitrogen and oxygen atoms in total. The third-order valence-corrected chi connectivity index (χ3v) is 4.32. The number of carbonyl (C=O) groups is 3. The second kappa shape index (κ2) is 9.39. The van der Waals surface area contributed by atoms with Crippen molar-refractivity contribution in [1.82, 2.24) is 5.32 Å². The van der Waals surface area contributed by atoms with E-state index in [0.29, 0.717) is 11.4 Å². The molecule has 1 saturated carbocycles. The van der Waals surface area contributed by atoms with E-state index >= 15 is 0 Å². The predicted octanol–water partition coefficient (Wildman–Crippen LogP) is 2.83. The lowest BCUT2D eigenvalue weighted by atomic mass is 9.75. The topological polar surface area (TPSA) is 104 Å². The van der Waals surface area contributed by atoms with E-state index in [2.05, 4.69) is 5.32 Å². The maximum absolute atomic E-state index is 12.2. The minimum absolute atomic E-state index is 0.259. The number of hydrogen-bond acceptors (Lipinski definition) is 4. The molecule has 0 bridgehead atoms. The van der Waals surface area contributed by atoms with Gasteiger partial charge in [-0.2, -0.15) is 0 Å². The van der Waals surface area contributed by atoms with Gasteiger partial charge < -0.3 is 15.5 Å². The van der Waals surface area contributed by atoms with E-state index in [0.717, 1.165) is 24.8 Å². The number of carboxylic acids is 2. The normalized spacial score (nSPS) is 20.0. The van der Waals surface area contributed by atoms with Crippen molar-refractivity contribution in [2.75, 3.05) is 7.05 Å². The lowest BCUT2D eigenvalue weighted by Gasteiger charge is -2.36. The van der Waals surface area contributed by atoms with Crippen molar-refractivity contribution in [2.45, 2.75) is 44.1 Å². The van der Waals surface area contributed by atoms with Gasteiger partial charge in [0.1, 0.15) is 5.54 Å². The zero-order valence-corrected chi connectivity index (χ0v) is 14.3. The Morgan fingerprint density at radius 1 is 1.17 bits per heavy atom. The van der Waals surface area contributed by atoms with Gasteiger partial charge >= 0.3 is 11.9 Å². The third kappa shape index (κ3) is 5.32. The highest BCUT2D eigenvalue weighted by Gasteiger charge is 2.41. The van der Waals surface area contributed by atoms with Gasteiger partial charge in [0, 0.05) is 11.4 Å². The highest BCUT2D eigenvalue weighted by atomic mass is 35.5. The van der Waals surface area contributed by atoms with Crippen LogP contribution in [-0.2, 0) is 19.9 Å². The fraction of sp³-hybridized carbons (Fsp3) is 0.471. The number of carbonyl (C=O) groups excluding carboxylic acids is 1. The van der Waals surface area contributed by atoms with Gasteiger partial charge in [0.05, 0.1) is 12.8 Å². The Morgan fingerprint density at radius 2 is 1.75 bits per heavy atom. The monoisotopic (exact) mass is 355 g/mol. The SMILES string of the molecule is CNC1(c2ccccc2Cl)CCCCC1=O.O=C(O)CCC(=O)O. The molecule has 0 radical (unpaired) electrons. The van der Waals surface area contributed by atoms with E-state index in [1.165, 1.54) is 0 Å². The van der Waals surface area contributed by atoms with Gasteiger partial charge in [-0.05, 0) is 31.5 Å². The van der Waals surface area contributed by atoms with Crippen LogP contribution in [0, 0.1) is 0 Å². The van der Waals surface area contributed by atoms with Crippen LogP contribution in [0.4, 0.5) is 0 Å². The first kappa shape index (κ1) is 20.1. The van der Waals surface area contributed by atoms with Crippen molar-refractivity contribution in [3.63, 3.8) is 0 Å². The van der Waals surface area contributed by atoms with Crippen LogP contribution in [0.15, 0.2) is 24.3 Å². The molecule has 1 aliphatic carbocycles. The number of benzene rings is 1. The lowest BCUT2D eigenvalue weighted by molar-refractivity contribution is -0.143. The summed E-state index contributed by atoms with van der Waals surface area (Å²) in [6.45, 7) is 0. The molecule has 0 amide bonds. The zero-order valence-electron chi connectivity index (χ0n) is 13.5. The van der Waals surface area contributed by atoms with Crippen LogP contribution in [0.5, 0.6) is 0 Å². The molecule has 24 heavy (non-hydrogen) atoms. The van der Waals surface area contributed by atoms with E-state index in [1.54, 1.807) is 0 Å². The molecule has 3 N–H and O–H groups in total. The molecule has 132 valence electrons. The molecule has 0 heterocycles. The Hall–Kier alpha value is -1.92. The number of nitrogens with one attached hydrogen (secondary N) is 1. The number of rotatable bonds is 5. The number of ketones is 1. The van der Waals surface area contributed by atoms with E-state index in [4.69, 9.17) is 21.8 Å². The average Bonchev–Trinajstić information content (AvgIpc) is 2.55. The molecule has 1 aromatic carbocycles.